The molecule has 3 rings (SSSR count). The Morgan fingerprint density at radius 2 is 1.57 bits per heavy atom. The minimum Gasteiger partial charge on any atom is -0.326 e. The summed E-state index contributed by atoms with van der Waals surface area (Å²) in [6.45, 7) is 2.09. The highest BCUT2D eigenvalue weighted by Crippen LogP contribution is 2.38. The Morgan fingerprint density at radius 3 is 2.14 bits per heavy atom. The number of azo groups is 1. The molecule has 0 aliphatic heterocycles. The maximum absolute atomic E-state index is 11.8. The molecule has 2 atom stereocenters. The predicted octanol–water partition coefficient (Wildman–Crippen LogP) is 4.70. The minimum atomic E-state index is 0.112. The Morgan fingerprint density at radius 1 is 1.00 bits per heavy atom. The molecule has 0 radical (unpaired) electrons. The van der Waals surface area contributed by atoms with Gasteiger partial charge in [0.2, 0.25) is 5.91 Å². The van der Waals surface area contributed by atoms with Gasteiger partial charge < -0.3 is 5.32 Å². The highest BCUT2D eigenvalue weighted by atomic mass is 16.2. The van der Waals surface area contributed by atoms with Gasteiger partial charge in [0.1, 0.15) is 0 Å². The van der Waals surface area contributed by atoms with Crippen molar-refractivity contribution in [3.8, 4) is 0 Å². The van der Waals surface area contributed by atoms with Gasteiger partial charge >= 0.3 is 0 Å². The van der Waals surface area contributed by atoms with Crippen molar-refractivity contribution in [2.75, 3.05) is 5.32 Å². The molecule has 0 bridgehead atoms. The first kappa shape index (κ1) is 13.5. The molecule has 4 heteroatoms. The summed E-state index contributed by atoms with van der Waals surface area (Å²) in [5.41, 5.74) is 2.38. The van der Waals surface area contributed by atoms with E-state index in [1.807, 2.05) is 54.6 Å². The van der Waals surface area contributed by atoms with Crippen LogP contribution >= 0.6 is 0 Å². The number of anilines is 1. The zero-order valence-electron chi connectivity index (χ0n) is 11.9. The largest absolute Gasteiger partial charge is 0.326 e. The van der Waals surface area contributed by atoms with Gasteiger partial charge in [-0.2, -0.15) is 10.2 Å². The number of nitrogens with zero attached hydrogens (tertiary/aromatic N) is 2. The summed E-state index contributed by atoms with van der Waals surface area (Å²) in [6.07, 6.45) is 0.995. The topological polar surface area (TPSA) is 53.8 Å². The van der Waals surface area contributed by atoms with E-state index >= 15 is 0 Å². The van der Waals surface area contributed by atoms with Gasteiger partial charge in [-0.05, 0) is 48.7 Å². The van der Waals surface area contributed by atoms with Crippen LogP contribution in [0.15, 0.2) is 64.8 Å². The smallest absolute Gasteiger partial charge is 0.227 e. The standard InChI is InChI=1S/C17H17N3O/c1-12-11-16(12)17(21)18-13-7-9-15(10-8-13)20-19-14-5-3-2-4-6-14/h2-10,12,16H,11H2,1H3,(H,18,21)/t12-,16-/m1/s1. The maximum atomic E-state index is 11.8. The lowest BCUT2D eigenvalue weighted by atomic mass is 10.2. The second-order valence-corrected chi connectivity index (χ2v) is 5.39. The van der Waals surface area contributed by atoms with Crippen LogP contribution in [0, 0.1) is 11.8 Å². The summed E-state index contributed by atoms with van der Waals surface area (Å²) in [7, 11) is 0. The van der Waals surface area contributed by atoms with E-state index in [0.29, 0.717) is 5.92 Å². The number of carbonyl (C=O) groups is 1. The van der Waals surface area contributed by atoms with E-state index in [4.69, 9.17) is 0 Å². The van der Waals surface area contributed by atoms with Gasteiger partial charge in [-0.25, -0.2) is 0 Å². The third kappa shape index (κ3) is 3.54. The molecule has 2 aromatic carbocycles. The van der Waals surface area contributed by atoms with E-state index in [-0.39, 0.29) is 11.8 Å². The normalized spacial score (nSPS) is 20.4. The first-order valence-corrected chi connectivity index (χ1v) is 7.10. The van der Waals surface area contributed by atoms with Gasteiger partial charge in [0, 0.05) is 11.6 Å². The second kappa shape index (κ2) is 5.87. The number of carbonyl (C=O) groups excluding carboxylic acids is 1. The number of amides is 1. The highest BCUT2D eigenvalue weighted by molar-refractivity contribution is 5.94. The number of nitrogens with one attached hydrogen (secondary N) is 1. The van der Waals surface area contributed by atoms with Crippen molar-refractivity contribution >= 4 is 23.0 Å². The lowest BCUT2D eigenvalue weighted by Crippen LogP contribution is -2.14. The van der Waals surface area contributed by atoms with E-state index in [9.17, 15) is 4.79 Å². The van der Waals surface area contributed by atoms with E-state index in [1.54, 1.807) is 0 Å². The van der Waals surface area contributed by atoms with Gasteiger partial charge in [0.05, 0.1) is 11.4 Å². The molecular weight excluding hydrogens is 262 g/mol. The fraction of sp³-hybridized carbons (Fsp3) is 0.235. The van der Waals surface area contributed by atoms with E-state index < -0.39 is 0 Å². The fourth-order valence-corrected chi connectivity index (χ4v) is 2.14. The average molecular weight is 279 g/mol. The fourth-order valence-electron chi connectivity index (χ4n) is 2.14. The first-order valence-electron chi connectivity index (χ1n) is 7.10. The number of hydrogen-bond donors (Lipinski definition) is 1. The maximum Gasteiger partial charge on any atom is 0.227 e. The van der Waals surface area contributed by atoms with Crippen molar-refractivity contribution < 1.29 is 4.79 Å². The van der Waals surface area contributed by atoms with E-state index in [2.05, 4.69) is 22.5 Å². The summed E-state index contributed by atoms with van der Waals surface area (Å²) in [5, 5.41) is 11.2. The SMILES string of the molecule is C[C@@H]1C[C@H]1C(=O)Nc1ccc(N=Nc2ccccc2)cc1. The number of hydrogen-bond acceptors (Lipinski definition) is 3. The monoisotopic (exact) mass is 279 g/mol. The van der Waals surface area contributed by atoms with Gasteiger partial charge in [-0.1, -0.05) is 25.1 Å². The van der Waals surface area contributed by atoms with Crippen LogP contribution in [0.5, 0.6) is 0 Å². The molecule has 1 aliphatic rings. The Bertz CT molecular complexity index is 649. The average Bonchev–Trinajstić information content (AvgIpc) is 3.25. The zero-order chi connectivity index (χ0) is 14.7. The van der Waals surface area contributed by atoms with Crippen molar-refractivity contribution in [2.24, 2.45) is 22.1 Å². The van der Waals surface area contributed by atoms with Crippen molar-refractivity contribution in [3.05, 3.63) is 54.6 Å². The van der Waals surface area contributed by atoms with Crippen LogP contribution in [-0.4, -0.2) is 5.91 Å². The van der Waals surface area contributed by atoms with Gasteiger partial charge in [0.25, 0.3) is 0 Å². The molecule has 4 nitrogen and oxygen atoms in total. The third-order valence-electron chi connectivity index (χ3n) is 3.62. The van der Waals surface area contributed by atoms with Gasteiger partial charge in [-0.3, -0.25) is 4.79 Å². The summed E-state index contributed by atoms with van der Waals surface area (Å²) in [5.74, 6) is 0.813. The number of benzene rings is 2. The molecule has 106 valence electrons. The van der Waals surface area contributed by atoms with Crippen LogP contribution < -0.4 is 5.32 Å². The van der Waals surface area contributed by atoms with Crippen molar-refractivity contribution in [1.82, 2.24) is 0 Å². The minimum absolute atomic E-state index is 0.112. The Balaban J connectivity index is 1.61. The summed E-state index contributed by atoms with van der Waals surface area (Å²) >= 11 is 0. The lowest BCUT2D eigenvalue weighted by molar-refractivity contribution is -0.117. The number of rotatable bonds is 4. The molecule has 1 N–H and O–H groups in total. The quantitative estimate of drug-likeness (QED) is 0.810. The second-order valence-electron chi connectivity index (χ2n) is 5.39. The Hall–Kier alpha value is -2.49. The molecule has 2 aromatic rings. The molecule has 0 saturated heterocycles. The lowest BCUT2D eigenvalue weighted by Gasteiger charge is -2.04. The summed E-state index contributed by atoms with van der Waals surface area (Å²) < 4.78 is 0. The Kier molecular flexibility index (Phi) is 3.77. The highest BCUT2D eigenvalue weighted by Gasteiger charge is 2.38. The van der Waals surface area contributed by atoms with Crippen LogP contribution in [0.3, 0.4) is 0 Å². The first-order chi connectivity index (χ1) is 10.2. The molecule has 0 spiro atoms. The molecule has 0 unspecified atom stereocenters. The summed E-state index contributed by atoms with van der Waals surface area (Å²) in [4.78, 5) is 11.8. The summed E-state index contributed by atoms with van der Waals surface area (Å²) in [6, 6.07) is 17.0. The van der Waals surface area contributed by atoms with Crippen LogP contribution in [0.2, 0.25) is 0 Å². The van der Waals surface area contributed by atoms with Crippen molar-refractivity contribution in [3.63, 3.8) is 0 Å². The molecule has 0 aromatic heterocycles. The molecular formula is C17H17N3O. The molecule has 1 fully saturated rings. The molecule has 0 heterocycles. The van der Waals surface area contributed by atoms with Crippen LogP contribution in [0.1, 0.15) is 13.3 Å². The van der Waals surface area contributed by atoms with Crippen molar-refractivity contribution in [2.45, 2.75) is 13.3 Å². The van der Waals surface area contributed by atoms with Gasteiger partial charge in [-0.15, -0.1) is 0 Å². The van der Waals surface area contributed by atoms with Gasteiger partial charge in [0.15, 0.2) is 0 Å². The van der Waals surface area contributed by atoms with Crippen molar-refractivity contribution in [1.29, 1.82) is 0 Å². The third-order valence-corrected chi connectivity index (χ3v) is 3.62. The van der Waals surface area contributed by atoms with Crippen LogP contribution in [-0.2, 0) is 4.79 Å². The zero-order valence-corrected chi connectivity index (χ0v) is 11.9. The van der Waals surface area contributed by atoms with Crippen LogP contribution in [0.25, 0.3) is 0 Å². The molecule has 1 amide bonds. The molecule has 1 aliphatic carbocycles. The van der Waals surface area contributed by atoms with Crippen LogP contribution in [0.4, 0.5) is 17.1 Å². The predicted molar refractivity (Wildman–Crippen MR) is 83.0 cm³/mol. The van der Waals surface area contributed by atoms with E-state index in [0.717, 1.165) is 23.5 Å². The molecule has 21 heavy (non-hydrogen) atoms. The van der Waals surface area contributed by atoms with E-state index in [1.165, 1.54) is 0 Å². The Labute approximate surface area is 123 Å². The molecule has 1 saturated carbocycles.